The summed E-state index contributed by atoms with van der Waals surface area (Å²) in [5, 5.41) is 11.4. The molecule has 5 rings (SSSR count). The van der Waals surface area contributed by atoms with Crippen molar-refractivity contribution in [3.63, 3.8) is 0 Å². The first kappa shape index (κ1) is 25.3. The Hall–Kier alpha value is -3.33. The fraction of sp³-hybridized carbons (Fsp3) is 0.464. The third kappa shape index (κ3) is 4.50. The molecule has 37 heavy (non-hydrogen) atoms. The monoisotopic (exact) mass is 511 g/mol. The lowest BCUT2D eigenvalue weighted by atomic mass is 9.83. The number of aliphatic hydroxyl groups excluding tert-OH is 1. The number of methoxy groups -OCH3 is 1. The van der Waals surface area contributed by atoms with E-state index < -0.39 is 23.8 Å². The van der Waals surface area contributed by atoms with E-state index in [2.05, 4.69) is 0 Å². The van der Waals surface area contributed by atoms with Gasteiger partial charge < -0.3 is 14.4 Å². The van der Waals surface area contributed by atoms with Gasteiger partial charge >= 0.3 is 6.09 Å². The maximum absolute atomic E-state index is 14.1. The molecule has 1 amide bonds. The number of halogens is 2. The number of amides is 1. The lowest BCUT2D eigenvalue weighted by Crippen LogP contribution is -2.42. The molecule has 196 valence electrons. The van der Waals surface area contributed by atoms with Gasteiger partial charge in [0.25, 0.3) is 0 Å². The largest absolute Gasteiger partial charge is 0.452 e. The number of aryl methyl sites for hydroxylation is 1. The zero-order valence-corrected chi connectivity index (χ0v) is 21.2. The van der Waals surface area contributed by atoms with Gasteiger partial charge in [0, 0.05) is 29.6 Å². The molecule has 7 nitrogen and oxygen atoms in total. The SMILES string of the molecule is COC(=O)N1c2ccc3c(nc([C@@H](O)c4cc(F)cc(F)c4)n3[C@@H]3CCC[C@@H](C(C)=O)C3)c2CC[C@@H]1C. The molecular formula is C28H31F2N3O4. The Labute approximate surface area is 214 Å². The Balaban J connectivity index is 1.71. The van der Waals surface area contributed by atoms with Crippen LogP contribution in [0.2, 0.25) is 0 Å². The van der Waals surface area contributed by atoms with Crippen LogP contribution < -0.4 is 4.90 Å². The summed E-state index contributed by atoms with van der Waals surface area (Å²) in [4.78, 5) is 31.3. The van der Waals surface area contributed by atoms with Crippen molar-refractivity contribution in [2.75, 3.05) is 12.0 Å². The van der Waals surface area contributed by atoms with Crippen molar-refractivity contribution < 1.29 is 28.2 Å². The number of imidazole rings is 1. The van der Waals surface area contributed by atoms with Gasteiger partial charge in [0.15, 0.2) is 0 Å². The number of hydrogen-bond donors (Lipinski definition) is 1. The Morgan fingerprint density at radius 3 is 2.54 bits per heavy atom. The summed E-state index contributed by atoms with van der Waals surface area (Å²) in [6.07, 6.45) is 2.57. The number of anilines is 1. The number of aromatic nitrogens is 2. The predicted octanol–water partition coefficient (Wildman–Crippen LogP) is 5.62. The standard InChI is InChI=1S/C28H31F2N3O4/c1-15-7-8-22-23(32(15)28(36)37-3)9-10-24-25(22)31-27(26(35)18-11-19(29)14-20(30)12-18)33(24)21-6-4-5-17(13-21)16(2)34/h9-12,14-15,17,21,26,35H,4-8,13H2,1-3H3/t15-,17+,21+,26-/m0/s1. The number of hydrogen-bond acceptors (Lipinski definition) is 5. The molecule has 0 spiro atoms. The van der Waals surface area contributed by atoms with Crippen LogP contribution in [0.1, 0.15) is 75.0 Å². The minimum Gasteiger partial charge on any atom is -0.452 e. The van der Waals surface area contributed by atoms with E-state index in [1.54, 1.807) is 11.8 Å². The van der Waals surface area contributed by atoms with Gasteiger partial charge in [0.2, 0.25) is 0 Å². The second-order valence-corrected chi connectivity index (χ2v) is 10.2. The van der Waals surface area contributed by atoms with Crippen LogP contribution in [0.25, 0.3) is 11.0 Å². The van der Waals surface area contributed by atoms with E-state index in [-0.39, 0.29) is 35.2 Å². The fourth-order valence-corrected chi connectivity index (χ4v) is 6.02. The molecule has 1 aromatic heterocycles. The molecule has 1 saturated carbocycles. The van der Waals surface area contributed by atoms with E-state index >= 15 is 0 Å². The van der Waals surface area contributed by atoms with Gasteiger partial charge in [-0.3, -0.25) is 9.69 Å². The normalized spacial score (nSPS) is 22.5. The van der Waals surface area contributed by atoms with E-state index in [0.29, 0.717) is 30.5 Å². The van der Waals surface area contributed by atoms with Crippen LogP contribution in [-0.4, -0.2) is 39.7 Å². The molecular weight excluding hydrogens is 480 g/mol. The van der Waals surface area contributed by atoms with Crippen LogP contribution >= 0.6 is 0 Å². The number of Topliss-reactive ketones (excluding diaryl/α,β-unsaturated/α-hetero) is 1. The quantitative estimate of drug-likeness (QED) is 0.491. The van der Waals surface area contributed by atoms with Crippen molar-refractivity contribution in [3.05, 3.63) is 58.9 Å². The summed E-state index contributed by atoms with van der Waals surface area (Å²) < 4.78 is 35.1. The molecule has 2 aliphatic rings. The molecule has 0 saturated heterocycles. The Kier molecular flexibility index (Phi) is 6.74. The van der Waals surface area contributed by atoms with E-state index in [4.69, 9.17) is 9.72 Å². The number of carbonyl (C=O) groups excluding carboxylic acids is 2. The van der Waals surface area contributed by atoms with Crippen LogP contribution in [0.5, 0.6) is 0 Å². The number of benzene rings is 2. The summed E-state index contributed by atoms with van der Waals surface area (Å²) in [5.41, 5.74) is 3.02. The highest BCUT2D eigenvalue weighted by Crippen LogP contribution is 2.42. The highest BCUT2D eigenvalue weighted by molar-refractivity contribution is 5.95. The summed E-state index contributed by atoms with van der Waals surface area (Å²) in [6.45, 7) is 3.56. The third-order valence-corrected chi connectivity index (χ3v) is 7.88. The van der Waals surface area contributed by atoms with Crippen LogP contribution in [0.15, 0.2) is 30.3 Å². The number of fused-ring (bicyclic) bond motifs is 3. The van der Waals surface area contributed by atoms with E-state index in [9.17, 15) is 23.5 Å². The summed E-state index contributed by atoms with van der Waals surface area (Å²) >= 11 is 0. The minimum absolute atomic E-state index is 0.0607. The number of carbonyl (C=O) groups is 2. The first-order chi connectivity index (χ1) is 17.7. The molecule has 0 radical (unpaired) electrons. The summed E-state index contributed by atoms with van der Waals surface area (Å²) in [6, 6.07) is 6.53. The molecule has 1 aliphatic carbocycles. The zero-order chi connectivity index (χ0) is 26.4. The molecule has 0 unspecified atom stereocenters. The second-order valence-electron chi connectivity index (χ2n) is 10.2. The van der Waals surface area contributed by atoms with Crippen LogP contribution in [0.3, 0.4) is 0 Å². The molecule has 2 heterocycles. The molecule has 9 heteroatoms. The Bertz CT molecular complexity index is 1350. The van der Waals surface area contributed by atoms with Crippen molar-refractivity contribution in [1.29, 1.82) is 0 Å². The van der Waals surface area contributed by atoms with Crippen LogP contribution in [-0.2, 0) is 16.0 Å². The van der Waals surface area contributed by atoms with Crippen molar-refractivity contribution in [2.24, 2.45) is 5.92 Å². The van der Waals surface area contributed by atoms with Crippen molar-refractivity contribution >= 4 is 28.6 Å². The van der Waals surface area contributed by atoms with Crippen molar-refractivity contribution in [2.45, 2.75) is 70.6 Å². The van der Waals surface area contributed by atoms with Crippen molar-refractivity contribution in [1.82, 2.24) is 9.55 Å². The van der Waals surface area contributed by atoms with Crippen LogP contribution in [0, 0.1) is 17.6 Å². The molecule has 4 atom stereocenters. The lowest BCUT2D eigenvalue weighted by molar-refractivity contribution is -0.122. The summed E-state index contributed by atoms with van der Waals surface area (Å²) in [7, 11) is 1.34. The maximum atomic E-state index is 14.1. The smallest absolute Gasteiger partial charge is 0.414 e. The number of rotatable bonds is 4. The molecule has 1 fully saturated rings. The van der Waals surface area contributed by atoms with Gasteiger partial charge in [-0.15, -0.1) is 0 Å². The number of ketones is 1. The van der Waals surface area contributed by atoms with E-state index in [1.807, 2.05) is 23.6 Å². The molecule has 1 N–H and O–H groups in total. The van der Waals surface area contributed by atoms with Gasteiger partial charge in [0.05, 0.1) is 23.8 Å². The predicted molar refractivity (Wildman–Crippen MR) is 134 cm³/mol. The average Bonchev–Trinajstić information content (AvgIpc) is 3.27. The zero-order valence-electron chi connectivity index (χ0n) is 21.2. The first-order valence-corrected chi connectivity index (χ1v) is 12.7. The maximum Gasteiger partial charge on any atom is 0.414 e. The van der Waals surface area contributed by atoms with Gasteiger partial charge in [-0.05, 0) is 75.8 Å². The topological polar surface area (TPSA) is 84.7 Å². The Morgan fingerprint density at radius 1 is 1.14 bits per heavy atom. The second kappa shape index (κ2) is 9.85. The van der Waals surface area contributed by atoms with Gasteiger partial charge in [-0.1, -0.05) is 6.42 Å². The third-order valence-electron chi connectivity index (χ3n) is 7.88. The van der Waals surface area contributed by atoms with Crippen LogP contribution in [0.4, 0.5) is 19.3 Å². The number of nitrogens with zero attached hydrogens (tertiary/aromatic N) is 3. The highest BCUT2D eigenvalue weighted by atomic mass is 19.1. The summed E-state index contributed by atoms with van der Waals surface area (Å²) in [5.74, 6) is -1.27. The average molecular weight is 512 g/mol. The number of ether oxygens (including phenoxy) is 1. The fourth-order valence-electron chi connectivity index (χ4n) is 6.02. The number of aliphatic hydroxyl groups is 1. The van der Waals surface area contributed by atoms with Gasteiger partial charge in [-0.2, -0.15) is 0 Å². The van der Waals surface area contributed by atoms with Gasteiger partial charge in [-0.25, -0.2) is 18.6 Å². The lowest BCUT2D eigenvalue weighted by Gasteiger charge is -2.34. The van der Waals surface area contributed by atoms with Crippen molar-refractivity contribution in [3.8, 4) is 0 Å². The van der Waals surface area contributed by atoms with E-state index in [1.165, 1.54) is 7.11 Å². The van der Waals surface area contributed by atoms with Gasteiger partial charge in [0.1, 0.15) is 29.3 Å². The highest BCUT2D eigenvalue weighted by Gasteiger charge is 2.35. The molecule has 3 aromatic rings. The molecule has 2 aromatic carbocycles. The van der Waals surface area contributed by atoms with E-state index in [0.717, 1.165) is 48.5 Å². The first-order valence-electron chi connectivity index (χ1n) is 12.7. The minimum atomic E-state index is -1.38. The Morgan fingerprint density at radius 2 is 1.86 bits per heavy atom. The molecule has 0 bridgehead atoms. The molecule has 1 aliphatic heterocycles.